The van der Waals surface area contributed by atoms with Crippen LogP contribution in [0.5, 0.6) is 11.5 Å². The summed E-state index contributed by atoms with van der Waals surface area (Å²) in [6.07, 6.45) is 1.19. The van der Waals surface area contributed by atoms with E-state index < -0.39 is 0 Å². The number of hydrogen-bond acceptors (Lipinski definition) is 4. The van der Waals surface area contributed by atoms with Gasteiger partial charge in [-0.3, -0.25) is 9.59 Å². The summed E-state index contributed by atoms with van der Waals surface area (Å²) in [4.78, 5) is 26.4. The molecule has 1 aliphatic rings. The Bertz CT molecular complexity index is 802. The van der Waals surface area contributed by atoms with E-state index >= 15 is 0 Å². The molecule has 0 spiro atoms. The van der Waals surface area contributed by atoms with Crippen LogP contribution in [0.2, 0.25) is 0 Å². The zero-order valence-electron chi connectivity index (χ0n) is 16.3. The van der Waals surface area contributed by atoms with Gasteiger partial charge in [-0.1, -0.05) is 19.1 Å². The largest absolute Gasteiger partial charge is 0.497 e. The average Bonchev–Trinajstić information content (AvgIpc) is 3.10. The van der Waals surface area contributed by atoms with Gasteiger partial charge in [-0.15, -0.1) is 0 Å². The van der Waals surface area contributed by atoms with E-state index in [9.17, 15) is 9.59 Å². The SMILES string of the molecule is CCc1ccc(NC(=O)C2CC(=O)N(CCOc3ccc(OC)cc3)C2)cc1. The van der Waals surface area contributed by atoms with Crippen LogP contribution in [0, 0.1) is 5.92 Å². The molecule has 0 bridgehead atoms. The Kier molecular flexibility index (Phi) is 6.53. The summed E-state index contributed by atoms with van der Waals surface area (Å²) in [6, 6.07) is 15.1. The number of hydrogen-bond donors (Lipinski definition) is 1. The fraction of sp³-hybridized carbons (Fsp3) is 0.364. The van der Waals surface area contributed by atoms with Crippen molar-refractivity contribution in [3.63, 3.8) is 0 Å². The molecule has 1 atom stereocenters. The summed E-state index contributed by atoms with van der Waals surface area (Å²) >= 11 is 0. The van der Waals surface area contributed by atoms with Crippen molar-refractivity contribution in [2.24, 2.45) is 5.92 Å². The lowest BCUT2D eigenvalue weighted by atomic mass is 10.1. The molecule has 6 nitrogen and oxygen atoms in total. The second-order valence-electron chi connectivity index (χ2n) is 6.80. The first-order chi connectivity index (χ1) is 13.6. The second-order valence-corrected chi connectivity index (χ2v) is 6.80. The van der Waals surface area contributed by atoms with E-state index in [1.807, 2.05) is 48.5 Å². The van der Waals surface area contributed by atoms with Crippen LogP contribution in [-0.2, 0) is 16.0 Å². The van der Waals surface area contributed by atoms with Crippen molar-refractivity contribution in [2.45, 2.75) is 19.8 Å². The smallest absolute Gasteiger partial charge is 0.229 e. The highest BCUT2D eigenvalue weighted by Gasteiger charge is 2.34. The van der Waals surface area contributed by atoms with Gasteiger partial charge in [0, 0.05) is 18.7 Å². The number of ether oxygens (including phenoxy) is 2. The summed E-state index contributed by atoms with van der Waals surface area (Å²) in [5.41, 5.74) is 1.98. The van der Waals surface area contributed by atoms with E-state index in [-0.39, 0.29) is 24.2 Å². The Labute approximate surface area is 165 Å². The molecular weight excluding hydrogens is 356 g/mol. The van der Waals surface area contributed by atoms with Crippen LogP contribution in [-0.4, -0.2) is 43.5 Å². The molecule has 0 radical (unpaired) electrons. The molecular formula is C22H26N2O4. The maximum Gasteiger partial charge on any atom is 0.229 e. The van der Waals surface area contributed by atoms with Crippen LogP contribution in [0.3, 0.4) is 0 Å². The summed E-state index contributed by atoms with van der Waals surface area (Å²) in [7, 11) is 1.61. The summed E-state index contributed by atoms with van der Waals surface area (Å²) in [6.45, 7) is 3.35. The van der Waals surface area contributed by atoms with Gasteiger partial charge in [0.1, 0.15) is 18.1 Å². The first kappa shape index (κ1) is 19.7. The third-order valence-electron chi connectivity index (χ3n) is 4.90. The van der Waals surface area contributed by atoms with Crippen LogP contribution in [0.25, 0.3) is 0 Å². The lowest BCUT2D eigenvalue weighted by Gasteiger charge is -2.17. The number of carbonyl (C=O) groups is 2. The van der Waals surface area contributed by atoms with Crippen LogP contribution < -0.4 is 14.8 Å². The molecule has 2 amide bonds. The monoisotopic (exact) mass is 382 g/mol. The van der Waals surface area contributed by atoms with Gasteiger partial charge in [0.15, 0.2) is 0 Å². The predicted octanol–water partition coefficient (Wildman–Crippen LogP) is 3.12. The molecule has 1 saturated heterocycles. The van der Waals surface area contributed by atoms with Gasteiger partial charge in [-0.2, -0.15) is 0 Å². The van der Waals surface area contributed by atoms with E-state index in [0.29, 0.717) is 19.7 Å². The van der Waals surface area contributed by atoms with E-state index in [1.165, 1.54) is 5.56 Å². The van der Waals surface area contributed by atoms with E-state index in [2.05, 4.69) is 12.2 Å². The Morgan fingerprint density at radius 3 is 2.43 bits per heavy atom. The minimum absolute atomic E-state index is 0.0141. The quantitative estimate of drug-likeness (QED) is 0.762. The zero-order valence-corrected chi connectivity index (χ0v) is 16.3. The lowest BCUT2D eigenvalue weighted by Crippen LogP contribution is -2.31. The summed E-state index contributed by atoms with van der Waals surface area (Å²) in [5.74, 6) is 1.02. The van der Waals surface area contributed by atoms with Gasteiger partial charge >= 0.3 is 0 Å². The summed E-state index contributed by atoms with van der Waals surface area (Å²) in [5, 5.41) is 2.91. The minimum Gasteiger partial charge on any atom is -0.497 e. The molecule has 1 unspecified atom stereocenters. The van der Waals surface area contributed by atoms with Gasteiger partial charge in [0.2, 0.25) is 11.8 Å². The number of methoxy groups -OCH3 is 1. The van der Waals surface area contributed by atoms with Gasteiger partial charge in [-0.05, 0) is 48.4 Å². The Morgan fingerprint density at radius 2 is 1.79 bits per heavy atom. The van der Waals surface area contributed by atoms with Crippen molar-refractivity contribution in [3.05, 3.63) is 54.1 Å². The predicted molar refractivity (Wildman–Crippen MR) is 108 cm³/mol. The standard InChI is InChI=1S/C22H26N2O4/c1-3-16-4-6-18(7-5-16)23-22(26)17-14-21(25)24(15-17)12-13-28-20-10-8-19(27-2)9-11-20/h4-11,17H,3,12-15H2,1-2H3,(H,23,26). The van der Waals surface area contributed by atoms with Gasteiger partial charge in [0.05, 0.1) is 19.6 Å². The first-order valence-corrected chi connectivity index (χ1v) is 9.53. The second kappa shape index (κ2) is 9.26. The maximum absolute atomic E-state index is 12.5. The molecule has 0 aliphatic carbocycles. The molecule has 1 aliphatic heterocycles. The molecule has 1 fully saturated rings. The topological polar surface area (TPSA) is 67.9 Å². The normalized spacial score (nSPS) is 16.1. The highest BCUT2D eigenvalue weighted by atomic mass is 16.5. The van der Waals surface area contributed by atoms with Crippen molar-refractivity contribution in [1.29, 1.82) is 0 Å². The van der Waals surface area contributed by atoms with Crippen molar-refractivity contribution >= 4 is 17.5 Å². The molecule has 2 aromatic rings. The number of nitrogens with zero attached hydrogens (tertiary/aromatic N) is 1. The van der Waals surface area contributed by atoms with Gasteiger partial charge in [0.25, 0.3) is 0 Å². The lowest BCUT2D eigenvalue weighted by molar-refractivity contribution is -0.128. The van der Waals surface area contributed by atoms with E-state index in [1.54, 1.807) is 12.0 Å². The number of rotatable bonds is 8. The molecule has 28 heavy (non-hydrogen) atoms. The van der Waals surface area contributed by atoms with E-state index in [0.717, 1.165) is 23.6 Å². The fourth-order valence-electron chi connectivity index (χ4n) is 3.18. The highest BCUT2D eigenvalue weighted by molar-refractivity contribution is 5.97. The number of nitrogens with one attached hydrogen (secondary N) is 1. The molecule has 1 heterocycles. The fourth-order valence-corrected chi connectivity index (χ4v) is 3.18. The zero-order chi connectivity index (χ0) is 19.9. The number of amides is 2. The van der Waals surface area contributed by atoms with Crippen LogP contribution in [0.4, 0.5) is 5.69 Å². The molecule has 0 aromatic heterocycles. The van der Waals surface area contributed by atoms with Crippen LogP contribution in [0.1, 0.15) is 18.9 Å². The first-order valence-electron chi connectivity index (χ1n) is 9.53. The van der Waals surface area contributed by atoms with Crippen molar-refractivity contribution < 1.29 is 19.1 Å². The Hall–Kier alpha value is -3.02. The third-order valence-corrected chi connectivity index (χ3v) is 4.90. The Morgan fingerprint density at radius 1 is 1.11 bits per heavy atom. The molecule has 148 valence electrons. The van der Waals surface area contributed by atoms with Crippen molar-refractivity contribution in [3.8, 4) is 11.5 Å². The summed E-state index contributed by atoms with van der Waals surface area (Å²) < 4.78 is 10.8. The van der Waals surface area contributed by atoms with Crippen LogP contribution >= 0.6 is 0 Å². The molecule has 1 N–H and O–H groups in total. The number of likely N-dealkylation sites (tertiary alicyclic amines) is 1. The average molecular weight is 382 g/mol. The molecule has 2 aromatic carbocycles. The third kappa shape index (κ3) is 5.03. The molecule has 0 saturated carbocycles. The number of aryl methyl sites for hydroxylation is 1. The number of anilines is 1. The number of benzene rings is 2. The highest BCUT2D eigenvalue weighted by Crippen LogP contribution is 2.21. The maximum atomic E-state index is 12.5. The number of carbonyl (C=O) groups excluding carboxylic acids is 2. The van der Waals surface area contributed by atoms with E-state index in [4.69, 9.17) is 9.47 Å². The Balaban J connectivity index is 1.46. The minimum atomic E-state index is -0.334. The van der Waals surface area contributed by atoms with Crippen LogP contribution in [0.15, 0.2) is 48.5 Å². The van der Waals surface area contributed by atoms with Gasteiger partial charge < -0.3 is 19.7 Å². The molecule has 6 heteroatoms. The molecule has 3 rings (SSSR count). The van der Waals surface area contributed by atoms with Gasteiger partial charge in [-0.25, -0.2) is 0 Å². The van der Waals surface area contributed by atoms with Crippen molar-refractivity contribution in [2.75, 3.05) is 32.1 Å². The van der Waals surface area contributed by atoms with Crippen molar-refractivity contribution in [1.82, 2.24) is 4.90 Å².